The molecule has 3 heterocycles. The Kier molecular flexibility index (Phi) is 9.22. The molecule has 9 nitrogen and oxygen atoms in total. The number of amides is 1. The van der Waals surface area contributed by atoms with Gasteiger partial charge in [-0.15, -0.1) is 0 Å². The highest BCUT2D eigenvalue weighted by molar-refractivity contribution is 7.93. The zero-order valence-electron chi connectivity index (χ0n) is 24.0. The van der Waals surface area contributed by atoms with Crippen LogP contribution in [-0.2, 0) is 10.0 Å². The van der Waals surface area contributed by atoms with Crippen molar-refractivity contribution in [1.29, 1.82) is 0 Å². The summed E-state index contributed by atoms with van der Waals surface area (Å²) < 4.78 is 55.1. The number of pyridine rings is 1. The first-order chi connectivity index (χ1) is 19.3. The Hall–Kier alpha value is -3.25. The summed E-state index contributed by atoms with van der Waals surface area (Å²) >= 11 is 0. The number of nitrogens with zero attached hydrogens (tertiary/aromatic N) is 3. The van der Waals surface area contributed by atoms with Gasteiger partial charge in [-0.05, 0) is 76.4 Å². The second kappa shape index (κ2) is 12.3. The highest BCUT2D eigenvalue weighted by Gasteiger charge is 2.34. The third-order valence-electron chi connectivity index (χ3n) is 7.72. The van der Waals surface area contributed by atoms with Crippen molar-refractivity contribution in [3.05, 3.63) is 52.6 Å². The molecule has 0 bridgehead atoms. The molecule has 12 heteroatoms. The van der Waals surface area contributed by atoms with Crippen molar-refractivity contribution in [2.75, 3.05) is 52.6 Å². The highest BCUT2D eigenvalue weighted by atomic mass is 32.2. The number of hydrogen-bond donors (Lipinski definition) is 3. The van der Waals surface area contributed by atoms with Gasteiger partial charge in [-0.25, -0.2) is 22.2 Å². The minimum absolute atomic E-state index is 0.176. The fourth-order valence-electron chi connectivity index (χ4n) is 5.05. The number of rotatable bonds is 8. The van der Waals surface area contributed by atoms with E-state index in [1.54, 1.807) is 23.1 Å². The van der Waals surface area contributed by atoms with Crippen LogP contribution in [0.15, 0.2) is 41.5 Å². The normalized spacial score (nSPS) is 18.2. The van der Waals surface area contributed by atoms with Gasteiger partial charge >= 0.3 is 0 Å². The number of aliphatic hydroxyl groups is 1. The van der Waals surface area contributed by atoms with Gasteiger partial charge in [-0.2, -0.15) is 0 Å². The highest BCUT2D eigenvalue weighted by Crippen LogP contribution is 2.33. The van der Waals surface area contributed by atoms with Crippen molar-refractivity contribution in [3.63, 3.8) is 0 Å². The van der Waals surface area contributed by atoms with E-state index in [2.05, 4.69) is 33.8 Å². The number of aryl methyl sites for hydroxylation is 1. The van der Waals surface area contributed by atoms with E-state index in [0.29, 0.717) is 41.7 Å². The number of carbonyl (C=O) groups excluding carboxylic acids is 1. The standard InChI is InChI=1S/C29H39F2N5O4S/c1-19(2)22-7-11-35(12-8-22)25-17-23(34-41(39,40)21(4)18-37)5-6-24(25)28(38)33-26-15-20(3)16-27(32-26)36-13-9-29(30,31)10-14-36/h5-6,15-17,21,34,37H,7-14,18H2,1-4H3,(H,32,33,38)/t21-/m1/s1. The summed E-state index contributed by atoms with van der Waals surface area (Å²) in [5, 5.41) is 11.2. The predicted octanol–water partition coefficient (Wildman–Crippen LogP) is 4.94. The molecule has 2 fully saturated rings. The molecular formula is C29H39F2N5O4S. The van der Waals surface area contributed by atoms with E-state index in [9.17, 15) is 27.1 Å². The second-order valence-corrected chi connectivity index (χ2v) is 13.2. The Labute approximate surface area is 240 Å². The molecule has 1 atom stereocenters. The Morgan fingerprint density at radius 1 is 1.07 bits per heavy atom. The summed E-state index contributed by atoms with van der Waals surface area (Å²) in [6.07, 6.45) is 1.17. The van der Waals surface area contributed by atoms with Crippen LogP contribution < -0.4 is 19.8 Å². The molecule has 2 aliphatic heterocycles. The Balaban J connectivity index is 1.62. The molecule has 2 saturated heterocycles. The number of carbonyl (C=O) groups is 1. The van der Waals surface area contributed by atoms with Crippen LogP contribution in [-0.4, -0.2) is 68.4 Å². The maximum absolute atomic E-state index is 13.7. The lowest BCUT2D eigenvalue weighted by molar-refractivity contribution is -0.0221. The van der Waals surface area contributed by atoms with Crippen LogP contribution in [0.1, 0.15) is 62.4 Å². The molecule has 0 saturated carbocycles. The topological polar surface area (TPSA) is 115 Å². The molecular weight excluding hydrogens is 552 g/mol. The van der Waals surface area contributed by atoms with Gasteiger partial charge in [0, 0.05) is 39.0 Å². The van der Waals surface area contributed by atoms with E-state index in [-0.39, 0.29) is 25.9 Å². The molecule has 2 aromatic rings. The minimum Gasteiger partial charge on any atom is -0.395 e. The fraction of sp³-hybridized carbons (Fsp3) is 0.517. The van der Waals surface area contributed by atoms with Crippen LogP contribution in [0.2, 0.25) is 0 Å². The lowest BCUT2D eigenvalue weighted by Gasteiger charge is -2.33. The summed E-state index contributed by atoms with van der Waals surface area (Å²) in [5.74, 6) is -2.25. The third-order valence-corrected chi connectivity index (χ3v) is 9.45. The monoisotopic (exact) mass is 591 g/mol. The van der Waals surface area contributed by atoms with Crippen LogP contribution in [0.5, 0.6) is 0 Å². The SMILES string of the molecule is CC(C)=C1CCN(c2cc(NS(=O)(=O)[C@H](C)CO)ccc2C(=O)Nc2cc(C)cc(N3CCC(F)(F)CC3)n2)CC1. The summed E-state index contributed by atoms with van der Waals surface area (Å²) in [5.41, 5.74) is 4.71. The van der Waals surface area contributed by atoms with Gasteiger partial charge < -0.3 is 20.2 Å². The summed E-state index contributed by atoms with van der Waals surface area (Å²) in [6, 6.07) is 8.28. The number of sulfonamides is 1. The van der Waals surface area contributed by atoms with E-state index in [1.165, 1.54) is 24.1 Å². The van der Waals surface area contributed by atoms with E-state index >= 15 is 0 Å². The second-order valence-electron chi connectivity index (χ2n) is 11.1. The van der Waals surface area contributed by atoms with Crippen LogP contribution >= 0.6 is 0 Å². The number of piperidine rings is 2. The number of anilines is 4. The molecule has 0 spiro atoms. The summed E-state index contributed by atoms with van der Waals surface area (Å²) in [7, 11) is -3.83. The molecule has 224 valence electrons. The predicted molar refractivity (Wildman–Crippen MR) is 159 cm³/mol. The van der Waals surface area contributed by atoms with Gasteiger partial charge in [0.15, 0.2) is 0 Å². The van der Waals surface area contributed by atoms with Crippen molar-refractivity contribution >= 4 is 38.9 Å². The van der Waals surface area contributed by atoms with Crippen molar-refractivity contribution < 1.29 is 27.1 Å². The summed E-state index contributed by atoms with van der Waals surface area (Å²) in [4.78, 5) is 22.0. The van der Waals surface area contributed by atoms with E-state index in [0.717, 1.165) is 18.4 Å². The third kappa shape index (κ3) is 7.53. The van der Waals surface area contributed by atoms with E-state index in [4.69, 9.17) is 0 Å². The Morgan fingerprint density at radius 2 is 1.73 bits per heavy atom. The molecule has 0 unspecified atom stereocenters. The van der Waals surface area contributed by atoms with E-state index < -0.39 is 33.7 Å². The number of hydrogen-bond acceptors (Lipinski definition) is 7. The number of aliphatic hydroxyl groups excluding tert-OH is 1. The lowest BCUT2D eigenvalue weighted by atomic mass is 9.98. The van der Waals surface area contributed by atoms with Crippen molar-refractivity contribution in [2.24, 2.45) is 0 Å². The molecule has 0 radical (unpaired) electrons. The molecule has 0 aliphatic carbocycles. The van der Waals surface area contributed by atoms with Crippen molar-refractivity contribution in [1.82, 2.24) is 4.98 Å². The zero-order valence-corrected chi connectivity index (χ0v) is 24.8. The molecule has 1 amide bonds. The van der Waals surface area contributed by atoms with Gasteiger partial charge in [0.25, 0.3) is 11.8 Å². The maximum atomic E-state index is 13.7. The van der Waals surface area contributed by atoms with Gasteiger partial charge in [0.1, 0.15) is 16.9 Å². The largest absolute Gasteiger partial charge is 0.395 e. The van der Waals surface area contributed by atoms with E-state index in [1.807, 2.05) is 13.0 Å². The molecule has 2 aliphatic rings. The van der Waals surface area contributed by atoms with Crippen molar-refractivity contribution in [3.8, 4) is 0 Å². The number of aromatic nitrogens is 1. The fourth-order valence-corrected chi connectivity index (χ4v) is 5.90. The smallest absolute Gasteiger partial charge is 0.258 e. The number of benzene rings is 1. The molecule has 41 heavy (non-hydrogen) atoms. The average Bonchev–Trinajstić information content (AvgIpc) is 2.92. The van der Waals surface area contributed by atoms with Gasteiger partial charge in [-0.1, -0.05) is 11.1 Å². The van der Waals surface area contributed by atoms with Crippen LogP contribution in [0.4, 0.5) is 31.8 Å². The summed E-state index contributed by atoms with van der Waals surface area (Å²) in [6.45, 7) is 8.59. The quantitative estimate of drug-likeness (QED) is 0.373. The number of nitrogens with one attached hydrogen (secondary N) is 2. The molecule has 1 aromatic heterocycles. The van der Waals surface area contributed by atoms with Gasteiger partial charge in [0.2, 0.25) is 10.0 Å². The first-order valence-electron chi connectivity index (χ1n) is 13.9. The number of alkyl halides is 2. The lowest BCUT2D eigenvalue weighted by Crippen LogP contribution is -2.39. The van der Waals surface area contributed by atoms with Crippen LogP contribution in [0.25, 0.3) is 0 Å². The number of allylic oxidation sites excluding steroid dienone is 1. The van der Waals surface area contributed by atoms with Crippen LogP contribution in [0, 0.1) is 6.92 Å². The van der Waals surface area contributed by atoms with Gasteiger partial charge in [-0.3, -0.25) is 9.52 Å². The zero-order chi connectivity index (χ0) is 29.9. The van der Waals surface area contributed by atoms with Crippen LogP contribution in [0.3, 0.4) is 0 Å². The average molecular weight is 592 g/mol. The first-order valence-corrected chi connectivity index (χ1v) is 15.4. The van der Waals surface area contributed by atoms with Gasteiger partial charge in [0.05, 0.1) is 23.5 Å². The maximum Gasteiger partial charge on any atom is 0.258 e. The Bertz CT molecular complexity index is 1410. The molecule has 3 N–H and O–H groups in total. The number of halogens is 2. The Morgan fingerprint density at radius 3 is 2.34 bits per heavy atom. The minimum atomic E-state index is -3.83. The first kappa shape index (κ1) is 30.7. The molecule has 4 rings (SSSR count). The molecule has 1 aromatic carbocycles. The van der Waals surface area contributed by atoms with Crippen molar-refractivity contribution in [2.45, 2.75) is 64.6 Å².